The third-order valence-corrected chi connectivity index (χ3v) is 6.83. The molecule has 23 heavy (non-hydrogen) atoms. The van der Waals surface area contributed by atoms with Gasteiger partial charge in [-0.1, -0.05) is 6.92 Å². The maximum absolute atomic E-state index is 13.1. The van der Waals surface area contributed by atoms with Gasteiger partial charge in [0.05, 0.1) is 36.8 Å². The Kier molecular flexibility index (Phi) is 6.40. The Balaban J connectivity index is 2.20. The molecule has 0 spiro atoms. The number of fused-ring (bicyclic) bond motifs is 1. The van der Waals surface area contributed by atoms with Crippen molar-refractivity contribution in [1.29, 1.82) is 5.26 Å². The Bertz CT molecular complexity index is 533. The van der Waals surface area contributed by atoms with Crippen molar-refractivity contribution < 1.29 is 17.9 Å². The molecule has 0 aromatic carbocycles. The lowest BCUT2D eigenvalue weighted by Gasteiger charge is -2.45. The number of nitrogens with zero attached hydrogens (tertiary/aromatic N) is 3. The number of methoxy groups -OCH3 is 1. The average molecular weight is 345 g/mol. The van der Waals surface area contributed by atoms with Crippen LogP contribution in [0.25, 0.3) is 0 Å². The average Bonchev–Trinajstić information content (AvgIpc) is 2.57. The number of hydrogen-bond acceptors (Lipinski definition) is 5. The van der Waals surface area contributed by atoms with Crippen LogP contribution in [-0.4, -0.2) is 68.6 Å². The van der Waals surface area contributed by atoms with Crippen LogP contribution in [0.3, 0.4) is 0 Å². The fraction of sp³-hybridized carbons (Fsp3) is 0.933. The van der Waals surface area contributed by atoms with E-state index in [0.29, 0.717) is 26.1 Å². The first-order valence-corrected chi connectivity index (χ1v) is 9.64. The van der Waals surface area contributed by atoms with Gasteiger partial charge in [-0.3, -0.25) is 0 Å². The summed E-state index contributed by atoms with van der Waals surface area (Å²) in [5.74, 6) is -0.334. The molecule has 1 heterocycles. The summed E-state index contributed by atoms with van der Waals surface area (Å²) in [5, 5.41) is 8.99. The summed E-state index contributed by atoms with van der Waals surface area (Å²) in [4.78, 5) is 0. The lowest BCUT2D eigenvalue weighted by molar-refractivity contribution is -0.0896. The molecule has 2 fully saturated rings. The van der Waals surface area contributed by atoms with Crippen molar-refractivity contribution in [2.45, 2.75) is 51.4 Å². The van der Waals surface area contributed by atoms with Gasteiger partial charge >= 0.3 is 0 Å². The molecule has 0 aromatic rings. The quantitative estimate of drug-likeness (QED) is 0.717. The van der Waals surface area contributed by atoms with Gasteiger partial charge in [-0.2, -0.15) is 22.3 Å². The standard InChI is InChI=1S/C15H27N3O4S/c1-4-17(11-12(2)10-16)23(19,20)18-7-8-22-15-6-5-13(21-3)9-14(15)18/h12-15H,4-9,11H2,1-3H3/t12-,13+,14+,15-/m1/s1. The molecular weight excluding hydrogens is 318 g/mol. The van der Waals surface area contributed by atoms with Crippen molar-refractivity contribution in [2.24, 2.45) is 5.92 Å². The molecule has 0 aromatic heterocycles. The van der Waals surface area contributed by atoms with E-state index in [2.05, 4.69) is 6.07 Å². The Morgan fingerprint density at radius 2 is 2.22 bits per heavy atom. The molecule has 0 bridgehead atoms. The van der Waals surface area contributed by atoms with Crippen molar-refractivity contribution in [2.75, 3.05) is 33.4 Å². The van der Waals surface area contributed by atoms with Crippen molar-refractivity contribution in [1.82, 2.24) is 8.61 Å². The minimum atomic E-state index is -3.60. The molecule has 0 unspecified atom stereocenters. The highest BCUT2D eigenvalue weighted by molar-refractivity contribution is 7.86. The van der Waals surface area contributed by atoms with Crippen molar-refractivity contribution >= 4 is 10.2 Å². The van der Waals surface area contributed by atoms with Crippen LogP contribution in [0.5, 0.6) is 0 Å². The summed E-state index contributed by atoms with van der Waals surface area (Å²) >= 11 is 0. The van der Waals surface area contributed by atoms with Crippen LogP contribution in [0.4, 0.5) is 0 Å². The van der Waals surface area contributed by atoms with Gasteiger partial charge in [0.25, 0.3) is 10.2 Å². The minimum Gasteiger partial charge on any atom is -0.381 e. The molecule has 7 nitrogen and oxygen atoms in total. The van der Waals surface area contributed by atoms with E-state index in [4.69, 9.17) is 14.7 Å². The SMILES string of the molecule is CCN(C[C@H](C)C#N)S(=O)(=O)N1CCO[C@@H]2CC[C@H](OC)C[C@@H]21. The first-order valence-electron chi connectivity index (χ1n) is 8.25. The number of morpholine rings is 1. The van der Waals surface area contributed by atoms with Crippen molar-refractivity contribution in [3.8, 4) is 6.07 Å². The number of rotatable bonds is 6. The fourth-order valence-corrected chi connectivity index (χ4v) is 5.32. The van der Waals surface area contributed by atoms with Gasteiger partial charge in [-0.25, -0.2) is 0 Å². The molecule has 0 radical (unpaired) electrons. The predicted molar refractivity (Wildman–Crippen MR) is 85.8 cm³/mol. The summed E-state index contributed by atoms with van der Waals surface area (Å²) in [6.45, 7) is 4.90. The molecule has 0 N–H and O–H groups in total. The molecule has 8 heteroatoms. The Hall–Kier alpha value is -0.720. The normalized spacial score (nSPS) is 30.7. The highest BCUT2D eigenvalue weighted by atomic mass is 32.2. The van der Waals surface area contributed by atoms with Gasteiger partial charge in [-0.15, -0.1) is 0 Å². The predicted octanol–water partition coefficient (Wildman–Crippen LogP) is 0.981. The smallest absolute Gasteiger partial charge is 0.282 e. The second-order valence-corrected chi connectivity index (χ2v) is 8.13. The van der Waals surface area contributed by atoms with E-state index in [0.717, 1.165) is 12.8 Å². The number of hydrogen-bond donors (Lipinski definition) is 0. The van der Waals surface area contributed by atoms with E-state index in [1.54, 1.807) is 25.3 Å². The van der Waals surface area contributed by atoms with Crippen molar-refractivity contribution in [3.63, 3.8) is 0 Å². The fourth-order valence-electron chi connectivity index (χ4n) is 3.42. The van der Waals surface area contributed by atoms with Crippen LogP contribution in [0.2, 0.25) is 0 Å². The molecule has 2 rings (SSSR count). The lowest BCUT2D eigenvalue weighted by atomic mass is 9.89. The molecule has 1 saturated carbocycles. The van der Waals surface area contributed by atoms with Gasteiger partial charge in [-0.05, 0) is 26.2 Å². The van der Waals surface area contributed by atoms with Gasteiger partial charge in [0.2, 0.25) is 0 Å². The van der Waals surface area contributed by atoms with Crippen LogP contribution in [0.15, 0.2) is 0 Å². The summed E-state index contributed by atoms with van der Waals surface area (Å²) < 4.78 is 40.3. The Morgan fingerprint density at radius 3 is 2.83 bits per heavy atom. The van der Waals surface area contributed by atoms with Crippen LogP contribution in [0, 0.1) is 17.2 Å². The van der Waals surface area contributed by atoms with Gasteiger partial charge in [0.15, 0.2) is 0 Å². The van der Waals surface area contributed by atoms with E-state index < -0.39 is 10.2 Å². The molecule has 1 aliphatic carbocycles. The van der Waals surface area contributed by atoms with E-state index >= 15 is 0 Å². The van der Waals surface area contributed by atoms with E-state index in [1.165, 1.54) is 4.31 Å². The zero-order chi connectivity index (χ0) is 17.0. The third-order valence-electron chi connectivity index (χ3n) is 4.73. The monoisotopic (exact) mass is 345 g/mol. The van der Waals surface area contributed by atoms with E-state index in [9.17, 15) is 8.42 Å². The molecule has 2 aliphatic rings. The molecule has 132 valence electrons. The molecule has 1 aliphatic heterocycles. The summed E-state index contributed by atoms with van der Waals surface area (Å²) in [7, 11) is -1.93. The largest absolute Gasteiger partial charge is 0.381 e. The third kappa shape index (κ3) is 4.03. The maximum Gasteiger partial charge on any atom is 0.282 e. The first kappa shape index (κ1) is 18.6. The Labute approximate surface area is 139 Å². The second-order valence-electron chi connectivity index (χ2n) is 6.25. The topological polar surface area (TPSA) is 82.9 Å². The number of nitriles is 1. The number of ether oxygens (including phenoxy) is 2. The highest BCUT2D eigenvalue weighted by Gasteiger charge is 2.44. The van der Waals surface area contributed by atoms with Gasteiger partial charge < -0.3 is 9.47 Å². The van der Waals surface area contributed by atoms with Crippen LogP contribution < -0.4 is 0 Å². The van der Waals surface area contributed by atoms with Crippen LogP contribution in [0.1, 0.15) is 33.1 Å². The molecular formula is C15H27N3O4S. The zero-order valence-electron chi connectivity index (χ0n) is 14.1. The highest BCUT2D eigenvalue weighted by Crippen LogP contribution is 2.32. The molecule has 0 amide bonds. The lowest BCUT2D eigenvalue weighted by Crippen LogP contribution is -2.60. The molecule has 1 saturated heterocycles. The summed E-state index contributed by atoms with van der Waals surface area (Å²) in [5.41, 5.74) is 0. The maximum atomic E-state index is 13.1. The van der Waals surface area contributed by atoms with Gasteiger partial charge in [0, 0.05) is 26.7 Å². The zero-order valence-corrected chi connectivity index (χ0v) is 15.0. The van der Waals surface area contributed by atoms with Crippen LogP contribution >= 0.6 is 0 Å². The second kappa shape index (κ2) is 7.90. The first-order chi connectivity index (χ1) is 10.9. The summed E-state index contributed by atoms with van der Waals surface area (Å²) in [6.07, 6.45) is 2.39. The Morgan fingerprint density at radius 1 is 1.48 bits per heavy atom. The van der Waals surface area contributed by atoms with E-state index in [-0.39, 0.29) is 30.7 Å². The summed E-state index contributed by atoms with van der Waals surface area (Å²) in [6, 6.07) is 1.93. The minimum absolute atomic E-state index is 0.0583. The molecule has 4 atom stereocenters. The van der Waals surface area contributed by atoms with Crippen molar-refractivity contribution in [3.05, 3.63) is 0 Å². The van der Waals surface area contributed by atoms with Crippen LogP contribution in [-0.2, 0) is 19.7 Å². The van der Waals surface area contributed by atoms with E-state index in [1.807, 2.05) is 0 Å². The van der Waals surface area contributed by atoms with Gasteiger partial charge in [0.1, 0.15) is 0 Å².